The van der Waals surface area contributed by atoms with Crippen molar-refractivity contribution in [3.8, 4) is 23.3 Å². The minimum Gasteiger partial charge on any atom is -0.497 e. The molecule has 8 nitrogen and oxygen atoms in total. The molecule has 0 aliphatic rings. The number of hydrogen-bond donors (Lipinski definition) is 2. The molecule has 3 aromatic heterocycles. The first kappa shape index (κ1) is 25.2. The zero-order valence-electron chi connectivity index (χ0n) is 22.3. The Balaban J connectivity index is 1.36. The molecule has 3 N–H and O–H groups in total. The SMILES string of the molecule is COc1cc(C#Cc2cn(COCCc3[nH]c4ccc(C)c(C)c4c3C)c3ncnc(N)c23)cc(OC)c1. The minimum atomic E-state index is 0.318. The Kier molecular flexibility index (Phi) is 6.95. The number of nitrogen functional groups attached to an aromatic ring is 1. The number of fused-ring (bicyclic) bond motifs is 2. The zero-order valence-corrected chi connectivity index (χ0v) is 22.3. The van der Waals surface area contributed by atoms with E-state index in [0.717, 1.165) is 17.5 Å². The fourth-order valence-electron chi connectivity index (χ4n) is 4.76. The predicted molar refractivity (Wildman–Crippen MR) is 150 cm³/mol. The van der Waals surface area contributed by atoms with Crippen molar-refractivity contribution in [2.45, 2.75) is 33.9 Å². The molecule has 0 radical (unpaired) electrons. The molecular weight excluding hydrogens is 478 g/mol. The molecule has 0 aliphatic heterocycles. The van der Waals surface area contributed by atoms with Gasteiger partial charge < -0.3 is 29.5 Å². The van der Waals surface area contributed by atoms with E-state index in [1.807, 2.05) is 22.9 Å². The lowest BCUT2D eigenvalue weighted by molar-refractivity contribution is 0.0815. The van der Waals surface area contributed by atoms with Crippen molar-refractivity contribution in [1.82, 2.24) is 19.5 Å². The van der Waals surface area contributed by atoms with Crippen LogP contribution in [0.2, 0.25) is 0 Å². The van der Waals surface area contributed by atoms with Crippen molar-refractivity contribution in [3.63, 3.8) is 0 Å². The molecule has 0 fully saturated rings. The van der Waals surface area contributed by atoms with Gasteiger partial charge in [-0.1, -0.05) is 17.9 Å². The van der Waals surface area contributed by atoms with Gasteiger partial charge in [-0.3, -0.25) is 0 Å². The number of aromatic nitrogens is 4. The van der Waals surface area contributed by atoms with Crippen LogP contribution in [0.5, 0.6) is 11.5 Å². The molecule has 0 aliphatic carbocycles. The van der Waals surface area contributed by atoms with Crippen LogP contribution < -0.4 is 15.2 Å². The monoisotopic (exact) mass is 509 g/mol. The summed E-state index contributed by atoms with van der Waals surface area (Å²) in [5.41, 5.74) is 14.6. The average molecular weight is 510 g/mol. The van der Waals surface area contributed by atoms with Crippen LogP contribution in [-0.2, 0) is 17.9 Å². The van der Waals surface area contributed by atoms with Crippen molar-refractivity contribution < 1.29 is 14.2 Å². The Hall–Kier alpha value is -4.48. The molecule has 194 valence electrons. The van der Waals surface area contributed by atoms with E-state index in [4.69, 9.17) is 19.9 Å². The lowest BCUT2D eigenvalue weighted by Crippen LogP contribution is -2.06. The van der Waals surface area contributed by atoms with E-state index in [0.29, 0.717) is 41.7 Å². The molecule has 3 heterocycles. The third kappa shape index (κ3) is 4.76. The van der Waals surface area contributed by atoms with Crippen LogP contribution in [0.1, 0.15) is 33.5 Å². The second-order valence-electron chi connectivity index (χ2n) is 9.27. The topological polar surface area (TPSA) is 100 Å². The molecule has 0 spiro atoms. The average Bonchev–Trinajstić information content (AvgIpc) is 3.45. The molecule has 2 aromatic carbocycles. The maximum absolute atomic E-state index is 6.22. The molecule has 0 amide bonds. The second-order valence-corrected chi connectivity index (χ2v) is 9.27. The van der Waals surface area contributed by atoms with Crippen molar-refractivity contribution in [3.05, 3.63) is 76.4 Å². The van der Waals surface area contributed by atoms with E-state index in [9.17, 15) is 0 Å². The lowest BCUT2D eigenvalue weighted by Gasteiger charge is -2.07. The zero-order chi connectivity index (χ0) is 26.8. The number of ether oxygens (including phenoxy) is 3. The number of rotatable bonds is 7. The van der Waals surface area contributed by atoms with Gasteiger partial charge in [-0.15, -0.1) is 0 Å². The summed E-state index contributed by atoms with van der Waals surface area (Å²) in [5.74, 6) is 8.11. The fourth-order valence-corrected chi connectivity index (χ4v) is 4.76. The largest absolute Gasteiger partial charge is 0.497 e. The van der Waals surface area contributed by atoms with Crippen LogP contribution in [-0.4, -0.2) is 40.3 Å². The van der Waals surface area contributed by atoms with Gasteiger partial charge in [0.2, 0.25) is 0 Å². The Morgan fingerprint density at radius 3 is 2.45 bits per heavy atom. The van der Waals surface area contributed by atoms with Crippen LogP contribution in [0.15, 0.2) is 42.9 Å². The number of nitrogens with one attached hydrogen (secondary N) is 1. The summed E-state index contributed by atoms with van der Waals surface area (Å²) in [7, 11) is 3.22. The van der Waals surface area contributed by atoms with Gasteiger partial charge in [0.05, 0.1) is 31.8 Å². The summed E-state index contributed by atoms with van der Waals surface area (Å²) in [6.07, 6.45) is 4.14. The number of hydrogen-bond acceptors (Lipinski definition) is 6. The molecule has 0 bridgehead atoms. The van der Waals surface area contributed by atoms with Crippen LogP contribution in [0.3, 0.4) is 0 Å². The van der Waals surface area contributed by atoms with Crippen molar-refractivity contribution >= 4 is 27.8 Å². The third-order valence-electron chi connectivity index (χ3n) is 6.95. The first-order valence-corrected chi connectivity index (χ1v) is 12.4. The molecule has 8 heteroatoms. The molecule has 0 saturated heterocycles. The number of benzene rings is 2. The smallest absolute Gasteiger partial charge is 0.148 e. The number of aryl methyl sites for hydroxylation is 3. The highest BCUT2D eigenvalue weighted by molar-refractivity contribution is 5.92. The van der Waals surface area contributed by atoms with Gasteiger partial charge in [-0.2, -0.15) is 0 Å². The highest BCUT2D eigenvalue weighted by atomic mass is 16.5. The molecule has 0 atom stereocenters. The number of H-pyrrole nitrogens is 1. The molecule has 0 saturated carbocycles. The lowest BCUT2D eigenvalue weighted by atomic mass is 10.0. The van der Waals surface area contributed by atoms with E-state index >= 15 is 0 Å². The third-order valence-corrected chi connectivity index (χ3v) is 6.95. The van der Waals surface area contributed by atoms with Gasteiger partial charge >= 0.3 is 0 Å². The second kappa shape index (κ2) is 10.5. The van der Waals surface area contributed by atoms with Crippen LogP contribution in [0.25, 0.3) is 21.9 Å². The summed E-state index contributed by atoms with van der Waals surface area (Å²) in [6.45, 7) is 7.36. The summed E-state index contributed by atoms with van der Waals surface area (Å²) in [5, 5.41) is 2.01. The summed E-state index contributed by atoms with van der Waals surface area (Å²) < 4.78 is 18.7. The molecule has 5 aromatic rings. The van der Waals surface area contributed by atoms with E-state index in [2.05, 4.69) is 59.7 Å². The first-order valence-electron chi connectivity index (χ1n) is 12.4. The highest BCUT2D eigenvalue weighted by Crippen LogP contribution is 2.28. The van der Waals surface area contributed by atoms with E-state index in [1.54, 1.807) is 20.3 Å². The Bertz CT molecular complexity index is 1680. The number of nitrogens with two attached hydrogens (primary N) is 1. The number of nitrogens with zero attached hydrogens (tertiary/aromatic N) is 3. The Morgan fingerprint density at radius 2 is 1.71 bits per heavy atom. The quantitative estimate of drug-likeness (QED) is 0.235. The molecule has 5 rings (SSSR count). The van der Waals surface area contributed by atoms with E-state index in [1.165, 1.54) is 39.6 Å². The van der Waals surface area contributed by atoms with Crippen molar-refractivity contribution in [2.75, 3.05) is 26.6 Å². The van der Waals surface area contributed by atoms with E-state index in [-0.39, 0.29) is 0 Å². The number of anilines is 1. The first-order chi connectivity index (χ1) is 18.4. The number of methoxy groups -OCH3 is 2. The summed E-state index contributed by atoms with van der Waals surface area (Å²) >= 11 is 0. The van der Waals surface area contributed by atoms with Gasteiger partial charge in [0.15, 0.2) is 0 Å². The van der Waals surface area contributed by atoms with Gasteiger partial charge in [-0.25, -0.2) is 9.97 Å². The Labute approximate surface area is 221 Å². The van der Waals surface area contributed by atoms with Crippen LogP contribution in [0, 0.1) is 32.6 Å². The standard InChI is InChI=1S/C30H31N5O3/c1-18-6-9-26-27(19(18)2)20(3)25(34-26)10-11-38-17-35-15-22(28-29(31)32-16-33-30(28)35)8-7-21-12-23(36-4)14-24(13-21)37-5/h6,9,12-16,34H,10-11,17H2,1-5H3,(H2,31,32,33). The molecule has 0 unspecified atom stereocenters. The van der Waals surface area contributed by atoms with Gasteiger partial charge in [0, 0.05) is 40.8 Å². The summed E-state index contributed by atoms with van der Waals surface area (Å²) in [4.78, 5) is 12.2. The predicted octanol–water partition coefficient (Wildman–Crippen LogP) is 5.05. The molecule has 38 heavy (non-hydrogen) atoms. The Morgan fingerprint density at radius 1 is 0.947 bits per heavy atom. The van der Waals surface area contributed by atoms with Gasteiger partial charge in [0.1, 0.15) is 36.0 Å². The van der Waals surface area contributed by atoms with Crippen LogP contribution >= 0.6 is 0 Å². The van der Waals surface area contributed by atoms with Crippen molar-refractivity contribution in [1.29, 1.82) is 0 Å². The maximum atomic E-state index is 6.22. The number of aromatic amines is 1. The summed E-state index contributed by atoms with van der Waals surface area (Å²) in [6, 6.07) is 9.82. The van der Waals surface area contributed by atoms with Gasteiger partial charge in [0.25, 0.3) is 0 Å². The van der Waals surface area contributed by atoms with Crippen LogP contribution in [0.4, 0.5) is 5.82 Å². The normalized spacial score (nSPS) is 11.1. The van der Waals surface area contributed by atoms with Crippen molar-refractivity contribution in [2.24, 2.45) is 0 Å². The van der Waals surface area contributed by atoms with E-state index < -0.39 is 0 Å². The molecular formula is C30H31N5O3. The highest BCUT2D eigenvalue weighted by Gasteiger charge is 2.14. The van der Waals surface area contributed by atoms with Gasteiger partial charge in [-0.05, 0) is 55.7 Å². The minimum absolute atomic E-state index is 0.318. The maximum Gasteiger partial charge on any atom is 0.148 e. The fraction of sp³-hybridized carbons (Fsp3) is 0.267.